The normalized spacial score (nSPS) is 14.9. The van der Waals surface area contributed by atoms with Crippen LogP contribution in [-0.2, 0) is 0 Å². The summed E-state index contributed by atoms with van der Waals surface area (Å²) in [6.07, 6.45) is 1.18. The highest BCUT2D eigenvalue weighted by molar-refractivity contribution is 6.30. The van der Waals surface area contributed by atoms with Gasteiger partial charge in [0, 0.05) is 11.1 Å². The number of halogens is 1. The molecule has 0 bridgehead atoms. The van der Waals surface area contributed by atoms with Crippen LogP contribution < -0.4 is 5.32 Å². The topological polar surface area (TPSA) is 12.0 Å². The summed E-state index contributed by atoms with van der Waals surface area (Å²) in [6.45, 7) is 7.75. The molecular formula is C13H20ClN. The van der Waals surface area contributed by atoms with Crippen LogP contribution in [0.15, 0.2) is 24.3 Å². The second-order valence-corrected chi connectivity index (χ2v) is 4.52. The quantitative estimate of drug-likeness (QED) is 0.803. The van der Waals surface area contributed by atoms with Gasteiger partial charge in [0.25, 0.3) is 0 Å². The summed E-state index contributed by atoms with van der Waals surface area (Å²) in [5, 5.41) is 4.32. The molecular weight excluding hydrogens is 206 g/mol. The Balaban J connectivity index is 2.59. The molecule has 1 aromatic carbocycles. The van der Waals surface area contributed by atoms with Crippen LogP contribution in [0.2, 0.25) is 5.02 Å². The van der Waals surface area contributed by atoms with E-state index in [0.717, 1.165) is 11.6 Å². The number of benzene rings is 1. The first-order chi connectivity index (χ1) is 7.15. The van der Waals surface area contributed by atoms with E-state index in [1.807, 2.05) is 12.1 Å². The number of hydrogen-bond acceptors (Lipinski definition) is 1. The summed E-state index contributed by atoms with van der Waals surface area (Å²) in [5.74, 6) is 0.522. The molecule has 0 fully saturated rings. The Bertz CT molecular complexity index is 281. The van der Waals surface area contributed by atoms with Gasteiger partial charge in [0.05, 0.1) is 0 Å². The van der Waals surface area contributed by atoms with Crippen molar-refractivity contribution in [3.8, 4) is 0 Å². The van der Waals surface area contributed by atoms with Gasteiger partial charge >= 0.3 is 0 Å². The predicted octanol–water partition coefficient (Wildman–Crippen LogP) is 3.83. The molecule has 0 radical (unpaired) electrons. The van der Waals surface area contributed by atoms with Crippen LogP contribution in [0.3, 0.4) is 0 Å². The van der Waals surface area contributed by atoms with E-state index in [4.69, 9.17) is 11.6 Å². The molecule has 0 saturated carbocycles. The van der Waals surface area contributed by atoms with Crippen LogP contribution in [0.4, 0.5) is 0 Å². The van der Waals surface area contributed by atoms with E-state index < -0.39 is 0 Å². The van der Waals surface area contributed by atoms with Gasteiger partial charge in [0.15, 0.2) is 0 Å². The van der Waals surface area contributed by atoms with Gasteiger partial charge in [-0.15, -0.1) is 0 Å². The molecule has 0 heterocycles. The highest BCUT2D eigenvalue weighted by Gasteiger charge is 2.12. The van der Waals surface area contributed by atoms with Crippen LogP contribution >= 0.6 is 11.6 Å². The van der Waals surface area contributed by atoms with Crippen LogP contribution in [0.25, 0.3) is 0 Å². The molecule has 1 N–H and O–H groups in total. The largest absolute Gasteiger partial charge is 0.314 e. The van der Waals surface area contributed by atoms with Crippen LogP contribution in [-0.4, -0.2) is 12.6 Å². The van der Waals surface area contributed by atoms with E-state index in [1.54, 1.807) is 0 Å². The molecule has 15 heavy (non-hydrogen) atoms. The minimum atomic E-state index is 0.506. The third-order valence-electron chi connectivity index (χ3n) is 2.86. The molecule has 0 spiro atoms. The summed E-state index contributed by atoms with van der Waals surface area (Å²) < 4.78 is 0. The van der Waals surface area contributed by atoms with Crippen LogP contribution in [0.5, 0.6) is 0 Å². The fourth-order valence-corrected chi connectivity index (χ4v) is 1.73. The molecule has 1 aromatic rings. The Morgan fingerprint density at radius 2 is 1.80 bits per heavy atom. The Hall–Kier alpha value is -0.530. The van der Waals surface area contributed by atoms with E-state index in [1.165, 1.54) is 12.0 Å². The monoisotopic (exact) mass is 225 g/mol. The first-order valence-corrected chi connectivity index (χ1v) is 6.01. The smallest absolute Gasteiger partial charge is 0.0406 e. The molecule has 2 unspecified atom stereocenters. The number of rotatable bonds is 5. The van der Waals surface area contributed by atoms with E-state index >= 15 is 0 Å². The molecule has 0 saturated heterocycles. The second-order valence-electron chi connectivity index (χ2n) is 4.08. The molecule has 0 aliphatic rings. The molecule has 1 nitrogen and oxygen atoms in total. The first-order valence-electron chi connectivity index (χ1n) is 5.64. The van der Waals surface area contributed by atoms with E-state index in [-0.39, 0.29) is 0 Å². The lowest BCUT2D eigenvalue weighted by Crippen LogP contribution is -2.31. The van der Waals surface area contributed by atoms with Crippen molar-refractivity contribution in [1.82, 2.24) is 5.32 Å². The standard InChI is InChI=1S/C13H20ClN/c1-4-9-15-11(3)10(2)12-5-7-13(14)8-6-12/h5-8,10-11,15H,4,9H2,1-3H3. The lowest BCUT2D eigenvalue weighted by Gasteiger charge is -2.21. The molecule has 84 valence electrons. The van der Waals surface area contributed by atoms with Gasteiger partial charge in [-0.1, -0.05) is 37.6 Å². The van der Waals surface area contributed by atoms with Gasteiger partial charge in [-0.3, -0.25) is 0 Å². The summed E-state index contributed by atoms with van der Waals surface area (Å²) >= 11 is 5.86. The van der Waals surface area contributed by atoms with Crippen molar-refractivity contribution in [2.75, 3.05) is 6.54 Å². The summed E-state index contributed by atoms with van der Waals surface area (Å²) in [4.78, 5) is 0. The number of nitrogens with one attached hydrogen (secondary N) is 1. The third kappa shape index (κ3) is 3.84. The maximum atomic E-state index is 5.86. The van der Waals surface area contributed by atoms with Crippen molar-refractivity contribution >= 4 is 11.6 Å². The zero-order valence-electron chi connectivity index (χ0n) is 9.76. The van der Waals surface area contributed by atoms with Crippen LogP contribution in [0, 0.1) is 0 Å². The van der Waals surface area contributed by atoms with Gasteiger partial charge in [-0.25, -0.2) is 0 Å². The maximum Gasteiger partial charge on any atom is 0.0406 e. The van der Waals surface area contributed by atoms with Crippen molar-refractivity contribution in [2.24, 2.45) is 0 Å². The molecule has 2 heteroatoms. The molecule has 2 atom stereocenters. The minimum Gasteiger partial charge on any atom is -0.314 e. The molecule has 0 aromatic heterocycles. The van der Waals surface area contributed by atoms with Gasteiger partial charge in [0.1, 0.15) is 0 Å². The highest BCUT2D eigenvalue weighted by Crippen LogP contribution is 2.20. The predicted molar refractivity (Wildman–Crippen MR) is 67.6 cm³/mol. The fourth-order valence-electron chi connectivity index (χ4n) is 1.60. The minimum absolute atomic E-state index is 0.506. The Labute approximate surface area is 97.8 Å². The Morgan fingerprint density at radius 1 is 1.20 bits per heavy atom. The van der Waals surface area contributed by atoms with Gasteiger partial charge in [0.2, 0.25) is 0 Å². The summed E-state index contributed by atoms with van der Waals surface area (Å²) in [5.41, 5.74) is 1.34. The molecule has 0 aliphatic heterocycles. The summed E-state index contributed by atoms with van der Waals surface area (Å²) in [6, 6.07) is 8.64. The SMILES string of the molecule is CCCNC(C)C(C)c1ccc(Cl)cc1. The van der Waals surface area contributed by atoms with Crippen molar-refractivity contribution in [2.45, 2.75) is 39.2 Å². The van der Waals surface area contributed by atoms with E-state index in [2.05, 4.69) is 38.2 Å². The Kier molecular flexibility index (Phi) is 5.13. The Morgan fingerprint density at radius 3 is 2.33 bits per heavy atom. The maximum absolute atomic E-state index is 5.86. The van der Waals surface area contributed by atoms with Crippen molar-refractivity contribution in [1.29, 1.82) is 0 Å². The lowest BCUT2D eigenvalue weighted by atomic mass is 9.94. The number of hydrogen-bond donors (Lipinski definition) is 1. The van der Waals surface area contributed by atoms with E-state index in [0.29, 0.717) is 12.0 Å². The van der Waals surface area contributed by atoms with Crippen LogP contribution in [0.1, 0.15) is 38.7 Å². The molecule has 0 aliphatic carbocycles. The zero-order chi connectivity index (χ0) is 11.3. The van der Waals surface area contributed by atoms with Gasteiger partial charge < -0.3 is 5.32 Å². The second kappa shape index (κ2) is 6.14. The summed E-state index contributed by atoms with van der Waals surface area (Å²) in [7, 11) is 0. The molecule has 1 rings (SSSR count). The first kappa shape index (κ1) is 12.5. The average molecular weight is 226 g/mol. The van der Waals surface area contributed by atoms with Gasteiger partial charge in [-0.05, 0) is 43.5 Å². The fraction of sp³-hybridized carbons (Fsp3) is 0.538. The zero-order valence-corrected chi connectivity index (χ0v) is 10.5. The third-order valence-corrected chi connectivity index (χ3v) is 3.11. The van der Waals surface area contributed by atoms with Crippen molar-refractivity contribution in [3.05, 3.63) is 34.9 Å². The van der Waals surface area contributed by atoms with E-state index in [9.17, 15) is 0 Å². The average Bonchev–Trinajstić information content (AvgIpc) is 2.26. The lowest BCUT2D eigenvalue weighted by molar-refractivity contribution is 0.481. The van der Waals surface area contributed by atoms with Crippen molar-refractivity contribution < 1.29 is 0 Å². The van der Waals surface area contributed by atoms with Crippen molar-refractivity contribution in [3.63, 3.8) is 0 Å². The highest BCUT2D eigenvalue weighted by atomic mass is 35.5. The molecule has 0 amide bonds. The van der Waals surface area contributed by atoms with Gasteiger partial charge in [-0.2, -0.15) is 0 Å².